The molecule has 0 aliphatic carbocycles. The van der Waals surface area contributed by atoms with Crippen LogP contribution in [0, 0.1) is 6.92 Å². The van der Waals surface area contributed by atoms with Crippen LogP contribution in [0.5, 0.6) is 0 Å². The third-order valence-corrected chi connectivity index (χ3v) is 6.34. The molecule has 0 saturated carbocycles. The lowest BCUT2D eigenvalue weighted by Crippen LogP contribution is -2.17. The Labute approximate surface area is 172 Å². The van der Waals surface area contributed by atoms with Gasteiger partial charge in [0, 0.05) is 17.5 Å². The van der Waals surface area contributed by atoms with Gasteiger partial charge in [-0.2, -0.15) is 9.61 Å². The number of thioether (sulfide) groups is 1. The molecule has 0 fully saturated rings. The number of hydrogen-bond donors (Lipinski definition) is 1. The monoisotopic (exact) mass is 416 g/mol. The molecule has 2 aromatic heterocycles. The fraction of sp³-hybridized carbons (Fsp3) is 0.400. The summed E-state index contributed by atoms with van der Waals surface area (Å²) in [6.45, 7) is 8.23. The van der Waals surface area contributed by atoms with Crippen molar-refractivity contribution in [1.82, 2.24) is 14.6 Å². The zero-order valence-electron chi connectivity index (χ0n) is 16.5. The molecule has 0 atom stereocenters. The Kier molecular flexibility index (Phi) is 6.51. The highest BCUT2D eigenvalue weighted by molar-refractivity contribution is 7.99. The maximum atomic E-state index is 12.4. The summed E-state index contributed by atoms with van der Waals surface area (Å²) in [5.41, 5.74) is 3.59. The van der Waals surface area contributed by atoms with Gasteiger partial charge >= 0.3 is 0 Å². The van der Waals surface area contributed by atoms with Crippen molar-refractivity contribution in [2.75, 3.05) is 11.1 Å². The van der Waals surface area contributed by atoms with Crippen LogP contribution in [-0.4, -0.2) is 26.3 Å². The number of anilines is 1. The van der Waals surface area contributed by atoms with E-state index in [1.807, 2.05) is 32.0 Å². The topological polar surface area (TPSA) is 76.4 Å². The van der Waals surface area contributed by atoms with Crippen LogP contribution in [0.1, 0.15) is 48.5 Å². The van der Waals surface area contributed by atoms with Crippen molar-refractivity contribution >= 4 is 39.7 Å². The molecule has 0 bridgehead atoms. The Morgan fingerprint density at radius 2 is 2.14 bits per heavy atom. The standard InChI is InChI=1S/C20H24N4O2S2/c1-5-17-23-24-18(26)9-14(21-20(24)28-17)10-27-11-16(25)22-19-13(4)7-6-8-15(19)12(2)3/h6-9,12H,5,10-11H2,1-4H3,(H,22,25). The summed E-state index contributed by atoms with van der Waals surface area (Å²) in [4.78, 5) is 29.7. The second-order valence-electron chi connectivity index (χ2n) is 6.86. The van der Waals surface area contributed by atoms with Gasteiger partial charge in [0.15, 0.2) is 0 Å². The Bertz CT molecular complexity index is 1060. The van der Waals surface area contributed by atoms with Crippen LogP contribution < -0.4 is 10.9 Å². The number of nitrogens with zero attached hydrogens (tertiary/aromatic N) is 3. The molecule has 8 heteroatoms. The number of carbonyl (C=O) groups is 1. The van der Waals surface area contributed by atoms with Crippen LogP contribution in [0.15, 0.2) is 29.1 Å². The lowest BCUT2D eigenvalue weighted by atomic mass is 9.98. The van der Waals surface area contributed by atoms with Gasteiger partial charge in [-0.3, -0.25) is 9.59 Å². The third-order valence-electron chi connectivity index (χ3n) is 4.32. The minimum atomic E-state index is -0.178. The van der Waals surface area contributed by atoms with E-state index in [9.17, 15) is 9.59 Å². The van der Waals surface area contributed by atoms with E-state index in [1.54, 1.807) is 0 Å². The molecule has 6 nitrogen and oxygen atoms in total. The SMILES string of the molecule is CCc1nn2c(=O)cc(CSCC(=O)Nc3c(C)cccc3C(C)C)nc2s1. The largest absolute Gasteiger partial charge is 0.325 e. The van der Waals surface area contributed by atoms with E-state index in [1.165, 1.54) is 33.7 Å². The normalized spacial score (nSPS) is 11.3. The smallest absolute Gasteiger partial charge is 0.275 e. The van der Waals surface area contributed by atoms with E-state index in [0.29, 0.717) is 28.1 Å². The van der Waals surface area contributed by atoms with E-state index >= 15 is 0 Å². The van der Waals surface area contributed by atoms with Crippen molar-refractivity contribution in [3.63, 3.8) is 0 Å². The quantitative estimate of drug-likeness (QED) is 0.630. The number of benzene rings is 1. The first-order chi connectivity index (χ1) is 13.4. The maximum Gasteiger partial charge on any atom is 0.275 e. The van der Waals surface area contributed by atoms with Crippen LogP contribution in [0.3, 0.4) is 0 Å². The number of amides is 1. The van der Waals surface area contributed by atoms with Crippen LogP contribution in [0.4, 0.5) is 5.69 Å². The summed E-state index contributed by atoms with van der Waals surface area (Å²) in [6.07, 6.45) is 0.773. The summed E-state index contributed by atoms with van der Waals surface area (Å²) >= 11 is 2.87. The van der Waals surface area contributed by atoms with Gasteiger partial charge in [-0.05, 0) is 30.4 Å². The van der Waals surface area contributed by atoms with Crippen molar-refractivity contribution in [3.8, 4) is 0 Å². The van der Waals surface area contributed by atoms with Gasteiger partial charge in [-0.15, -0.1) is 11.8 Å². The first-order valence-electron chi connectivity index (χ1n) is 9.24. The molecule has 2 heterocycles. The van der Waals surface area contributed by atoms with Crippen LogP contribution in [0.2, 0.25) is 0 Å². The van der Waals surface area contributed by atoms with Gasteiger partial charge in [0.2, 0.25) is 10.9 Å². The fourth-order valence-corrected chi connectivity index (χ4v) is 4.45. The highest BCUT2D eigenvalue weighted by Crippen LogP contribution is 2.27. The number of para-hydroxylation sites is 1. The number of hydrogen-bond acceptors (Lipinski definition) is 6. The molecule has 1 N–H and O–H groups in total. The first-order valence-corrected chi connectivity index (χ1v) is 11.2. The predicted octanol–water partition coefficient (Wildman–Crippen LogP) is 4.02. The van der Waals surface area contributed by atoms with Crippen molar-refractivity contribution in [2.45, 2.75) is 45.8 Å². The molecule has 0 spiro atoms. The van der Waals surface area contributed by atoms with Crippen molar-refractivity contribution < 1.29 is 4.79 Å². The molecule has 1 amide bonds. The Morgan fingerprint density at radius 1 is 1.36 bits per heavy atom. The van der Waals surface area contributed by atoms with Crippen molar-refractivity contribution in [3.05, 3.63) is 56.4 Å². The number of nitrogens with one attached hydrogen (secondary N) is 1. The average Bonchev–Trinajstić information content (AvgIpc) is 3.07. The second-order valence-corrected chi connectivity index (χ2v) is 8.89. The highest BCUT2D eigenvalue weighted by atomic mass is 32.2. The molecule has 3 rings (SSSR count). The lowest BCUT2D eigenvalue weighted by molar-refractivity contribution is -0.113. The fourth-order valence-electron chi connectivity index (χ4n) is 2.88. The van der Waals surface area contributed by atoms with Crippen molar-refractivity contribution in [1.29, 1.82) is 0 Å². The highest BCUT2D eigenvalue weighted by Gasteiger charge is 2.13. The van der Waals surface area contributed by atoms with Gasteiger partial charge in [-0.25, -0.2) is 4.98 Å². The maximum absolute atomic E-state index is 12.4. The van der Waals surface area contributed by atoms with Crippen LogP contribution in [-0.2, 0) is 17.0 Å². The van der Waals surface area contributed by atoms with E-state index in [-0.39, 0.29) is 11.5 Å². The third kappa shape index (κ3) is 4.62. The minimum absolute atomic E-state index is 0.0509. The molecule has 28 heavy (non-hydrogen) atoms. The van der Waals surface area contributed by atoms with Gasteiger partial charge < -0.3 is 5.32 Å². The van der Waals surface area contributed by atoms with Crippen LogP contribution >= 0.6 is 23.1 Å². The number of carbonyl (C=O) groups excluding carboxylic acids is 1. The van der Waals surface area contributed by atoms with E-state index in [4.69, 9.17) is 0 Å². The van der Waals surface area contributed by atoms with E-state index in [0.717, 1.165) is 28.2 Å². The summed E-state index contributed by atoms with van der Waals surface area (Å²) in [6, 6.07) is 7.56. The Morgan fingerprint density at radius 3 is 2.86 bits per heavy atom. The summed E-state index contributed by atoms with van der Waals surface area (Å²) in [7, 11) is 0. The zero-order valence-corrected chi connectivity index (χ0v) is 18.1. The molecule has 1 aromatic carbocycles. The zero-order chi connectivity index (χ0) is 20.3. The first kappa shape index (κ1) is 20.5. The number of aromatic nitrogens is 3. The molecule has 0 radical (unpaired) electrons. The molecule has 0 aliphatic heterocycles. The van der Waals surface area contributed by atoms with Gasteiger partial charge in [0.05, 0.1) is 11.4 Å². The molecular formula is C20H24N4O2S2. The average molecular weight is 417 g/mol. The molecule has 0 saturated heterocycles. The van der Waals surface area contributed by atoms with Crippen LogP contribution in [0.25, 0.3) is 4.96 Å². The van der Waals surface area contributed by atoms with Gasteiger partial charge in [0.1, 0.15) is 5.01 Å². The molecule has 0 aliphatic rings. The number of fused-ring (bicyclic) bond motifs is 1. The van der Waals surface area contributed by atoms with E-state index < -0.39 is 0 Å². The predicted molar refractivity (Wildman–Crippen MR) is 117 cm³/mol. The lowest BCUT2D eigenvalue weighted by Gasteiger charge is -2.16. The summed E-state index contributed by atoms with van der Waals surface area (Å²) in [5.74, 6) is 1.09. The van der Waals surface area contributed by atoms with Gasteiger partial charge in [-0.1, -0.05) is 50.3 Å². The number of rotatable bonds is 7. The molecular weight excluding hydrogens is 392 g/mol. The Balaban J connectivity index is 1.63. The van der Waals surface area contributed by atoms with E-state index in [2.05, 4.69) is 29.2 Å². The molecule has 148 valence electrons. The summed E-state index contributed by atoms with van der Waals surface area (Å²) < 4.78 is 1.34. The minimum Gasteiger partial charge on any atom is -0.325 e. The van der Waals surface area contributed by atoms with Crippen molar-refractivity contribution in [2.24, 2.45) is 0 Å². The summed E-state index contributed by atoms with van der Waals surface area (Å²) in [5, 5.41) is 8.17. The number of aryl methyl sites for hydroxylation is 2. The Hall–Kier alpha value is -2.19. The van der Waals surface area contributed by atoms with Gasteiger partial charge in [0.25, 0.3) is 5.56 Å². The molecule has 3 aromatic rings. The second kappa shape index (κ2) is 8.87. The molecule has 0 unspecified atom stereocenters.